The highest BCUT2D eigenvalue weighted by molar-refractivity contribution is 5.48. The van der Waals surface area contributed by atoms with Gasteiger partial charge in [-0.2, -0.15) is 5.26 Å². The zero-order valence-electron chi connectivity index (χ0n) is 12.6. The summed E-state index contributed by atoms with van der Waals surface area (Å²) in [6.45, 7) is 4.00. The minimum Gasteiger partial charge on any atom is -0.343 e. The van der Waals surface area contributed by atoms with Crippen molar-refractivity contribution in [3.63, 3.8) is 0 Å². The normalized spacial score (nSPS) is 16.3. The zero-order chi connectivity index (χ0) is 16.8. The first-order valence-corrected chi connectivity index (χ1v) is 7.16. The van der Waals surface area contributed by atoms with Gasteiger partial charge in [0.15, 0.2) is 0 Å². The molecular formula is C15H19F2N3O2. The number of aromatic amines is 1. The number of carbonyl (C=O) groups excluding carboxylic acids is 1. The number of fused-ring (bicyclic) bond motifs is 1. The summed E-state index contributed by atoms with van der Waals surface area (Å²) in [5.41, 5.74) is 0.754. The molecule has 5 nitrogen and oxygen atoms in total. The number of hydrogen-bond donors (Lipinski definition) is 2. The van der Waals surface area contributed by atoms with Gasteiger partial charge in [-0.15, -0.1) is 0 Å². The number of nitrogens with one attached hydrogen (secondary N) is 2. The first-order valence-electron chi connectivity index (χ1n) is 7.16. The van der Waals surface area contributed by atoms with Gasteiger partial charge in [0.25, 0.3) is 11.5 Å². The molecule has 0 radical (unpaired) electrons. The van der Waals surface area contributed by atoms with Crippen LogP contribution in [-0.2, 0) is 24.1 Å². The lowest BCUT2D eigenvalue weighted by Gasteiger charge is -2.24. The third-order valence-corrected chi connectivity index (χ3v) is 3.33. The highest BCUT2D eigenvalue weighted by atomic mass is 19.3. The molecule has 22 heavy (non-hydrogen) atoms. The summed E-state index contributed by atoms with van der Waals surface area (Å²) in [7, 11) is 0. The first-order chi connectivity index (χ1) is 10.4. The fraction of sp³-hybridized carbons (Fsp3) is 0.533. The van der Waals surface area contributed by atoms with E-state index in [9.17, 15) is 18.4 Å². The number of nitrogens with zero attached hydrogens (tertiary/aromatic N) is 1. The van der Waals surface area contributed by atoms with Gasteiger partial charge in [-0.1, -0.05) is 13.8 Å². The second-order valence-corrected chi connectivity index (χ2v) is 4.83. The number of aryl methyl sites for hydroxylation is 1. The number of pyridine rings is 1. The van der Waals surface area contributed by atoms with Crippen LogP contribution in [0.3, 0.4) is 0 Å². The standard InChI is InChI=1S/C13H13F2N3O2.C2H6/c14-13(15)2-1-11-9(5-13)3-8(12(20)18-11)4-10(6-16)17-7-19;1-2/h3,7,10H,1-2,4-5H2,(H,17,19)(H,18,20);1-2H3. The monoisotopic (exact) mass is 311 g/mol. The van der Waals surface area contributed by atoms with Gasteiger partial charge in [-0.05, 0) is 18.1 Å². The van der Waals surface area contributed by atoms with Crippen LogP contribution in [0.1, 0.15) is 37.1 Å². The maximum absolute atomic E-state index is 13.4. The molecule has 1 atom stereocenters. The lowest BCUT2D eigenvalue weighted by atomic mass is 9.91. The minimum atomic E-state index is -2.77. The summed E-state index contributed by atoms with van der Waals surface area (Å²) in [6, 6.07) is 2.40. The Kier molecular flexibility index (Phi) is 6.23. The molecule has 0 saturated carbocycles. The number of amides is 1. The van der Waals surface area contributed by atoms with Crippen molar-refractivity contribution in [2.24, 2.45) is 0 Å². The molecule has 1 unspecified atom stereocenters. The molecule has 1 aliphatic rings. The Balaban J connectivity index is 0.00000116. The number of nitriles is 1. The lowest BCUT2D eigenvalue weighted by Crippen LogP contribution is -2.33. The molecule has 1 aromatic rings. The van der Waals surface area contributed by atoms with Crippen LogP contribution < -0.4 is 10.9 Å². The van der Waals surface area contributed by atoms with E-state index in [4.69, 9.17) is 5.26 Å². The Labute approximate surface area is 127 Å². The molecule has 0 fully saturated rings. The Hall–Kier alpha value is -2.23. The van der Waals surface area contributed by atoms with Crippen LogP contribution in [0.25, 0.3) is 0 Å². The van der Waals surface area contributed by atoms with E-state index in [1.165, 1.54) is 6.07 Å². The van der Waals surface area contributed by atoms with Crippen molar-refractivity contribution in [1.29, 1.82) is 5.26 Å². The lowest BCUT2D eigenvalue weighted by molar-refractivity contribution is -0.109. The number of carbonyl (C=O) groups is 1. The Morgan fingerprint density at radius 2 is 2.23 bits per heavy atom. The topological polar surface area (TPSA) is 85.8 Å². The van der Waals surface area contributed by atoms with Gasteiger partial charge in [0.1, 0.15) is 6.04 Å². The molecule has 0 aliphatic heterocycles. The summed E-state index contributed by atoms with van der Waals surface area (Å²) < 4.78 is 26.7. The highest BCUT2D eigenvalue weighted by Crippen LogP contribution is 2.31. The third-order valence-electron chi connectivity index (χ3n) is 3.33. The molecule has 0 spiro atoms. The molecular weight excluding hydrogens is 292 g/mol. The molecule has 0 saturated heterocycles. The largest absolute Gasteiger partial charge is 0.343 e. The molecule has 0 aromatic carbocycles. The zero-order valence-corrected chi connectivity index (χ0v) is 12.6. The second-order valence-electron chi connectivity index (χ2n) is 4.83. The number of alkyl halides is 2. The van der Waals surface area contributed by atoms with Crippen molar-refractivity contribution in [3.8, 4) is 6.07 Å². The molecule has 2 rings (SSSR count). The predicted molar refractivity (Wildman–Crippen MR) is 77.7 cm³/mol. The minimum absolute atomic E-state index is 0.0105. The molecule has 7 heteroatoms. The van der Waals surface area contributed by atoms with Gasteiger partial charge < -0.3 is 10.3 Å². The molecule has 2 N–H and O–H groups in total. The fourth-order valence-electron chi connectivity index (χ4n) is 2.31. The van der Waals surface area contributed by atoms with Crippen molar-refractivity contribution in [3.05, 3.63) is 33.2 Å². The number of halogens is 2. The summed E-state index contributed by atoms with van der Waals surface area (Å²) >= 11 is 0. The van der Waals surface area contributed by atoms with Crippen LogP contribution in [0.4, 0.5) is 8.78 Å². The highest BCUT2D eigenvalue weighted by Gasteiger charge is 2.34. The maximum atomic E-state index is 13.4. The SMILES string of the molecule is CC.N#CC(Cc1cc2c([nH]c1=O)CCC(F)(F)C2)NC=O. The van der Waals surface area contributed by atoms with Crippen LogP contribution in [0.15, 0.2) is 10.9 Å². The van der Waals surface area contributed by atoms with Crippen LogP contribution >= 0.6 is 0 Å². The van der Waals surface area contributed by atoms with Gasteiger partial charge in [-0.25, -0.2) is 8.78 Å². The molecule has 0 bridgehead atoms. The Bertz CT molecular complexity index is 620. The van der Waals surface area contributed by atoms with Crippen molar-refractivity contribution in [2.45, 2.75) is 51.5 Å². The fourth-order valence-corrected chi connectivity index (χ4v) is 2.31. The molecule has 120 valence electrons. The summed E-state index contributed by atoms with van der Waals surface area (Å²) in [5.74, 6) is -2.77. The number of rotatable bonds is 4. The van der Waals surface area contributed by atoms with E-state index in [1.807, 2.05) is 19.9 Å². The number of hydrogen-bond acceptors (Lipinski definition) is 3. The van der Waals surface area contributed by atoms with E-state index < -0.39 is 23.9 Å². The molecule has 1 amide bonds. The van der Waals surface area contributed by atoms with E-state index in [2.05, 4.69) is 10.3 Å². The predicted octanol–water partition coefficient (Wildman–Crippen LogP) is 1.71. The van der Waals surface area contributed by atoms with E-state index in [1.54, 1.807) is 0 Å². The van der Waals surface area contributed by atoms with Crippen molar-refractivity contribution in [2.75, 3.05) is 0 Å². The van der Waals surface area contributed by atoms with Crippen LogP contribution in [-0.4, -0.2) is 23.4 Å². The third kappa shape index (κ3) is 4.38. The van der Waals surface area contributed by atoms with Crippen LogP contribution in [0, 0.1) is 11.3 Å². The van der Waals surface area contributed by atoms with Gasteiger partial charge >= 0.3 is 0 Å². The smallest absolute Gasteiger partial charge is 0.252 e. The van der Waals surface area contributed by atoms with E-state index in [0.717, 1.165) is 0 Å². The van der Waals surface area contributed by atoms with Crippen molar-refractivity contribution < 1.29 is 13.6 Å². The van der Waals surface area contributed by atoms with Gasteiger partial charge in [0.2, 0.25) is 6.41 Å². The van der Waals surface area contributed by atoms with Gasteiger partial charge in [0.05, 0.1) is 6.07 Å². The number of H-pyrrole nitrogens is 1. The van der Waals surface area contributed by atoms with Crippen LogP contribution in [0.5, 0.6) is 0 Å². The van der Waals surface area contributed by atoms with E-state index in [0.29, 0.717) is 17.7 Å². The number of aromatic nitrogens is 1. The Morgan fingerprint density at radius 3 is 2.82 bits per heavy atom. The van der Waals surface area contributed by atoms with Crippen LogP contribution in [0.2, 0.25) is 0 Å². The summed E-state index contributed by atoms with van der Waals surface area (Å²) in [6.07, 6.45) is -0.197. The van der Waals surface area contributed by atoms with Gasteiger partial charge in [0, 0.05) is 30.5 Å². The molecule has 1 aliphatic carbocycles. The van der Waals surface area contributed by atoms with Crippen molar-refractivity contribution >= 4 is 6.41 Å². The van der Waals surface area contributed by atoms with Crippen molar-refractivity contribution in [1.82, 2.24) is 10.3 Å². The average molecular weight is 311 g/mol. The summed E-state index contributed by atoms with van der Waals surface area (Å²) in [5, 5.41) is 11.1. The van der Waals surface area contributed by atoms with Gasteiger partial charge in [-0.3, -0.25) is 9.59 Å². The van der Waals surface area contributed by atoms with E-state index in [-0.39, 0.29) is 24.8 Å². The average Bonchev–Trinajstić information content (AvgIpc) is 2.49. The maximum Gasteiger partial charge on any atom is 0.252 e. The molecule has 1 heterocycles. The quantitative estimate of drug-likeness (QED) is 0.830. The Morgan fingerprint density at radius 1 is 1.55 bits per heavy atom. The second kappa shape index (κ2) is 7.69. The van der Waals surface area contributed by atoms with E-state index >= 15 is 0 Å². The first kappa shape index (κ1) is 17.8. The summed E-state index contributed by atoms with van der Waals surface area (Å²) in [4.78, 5) is 24.8. The molecule has 1 aromatic heterocycles.